The Hall–Kier alpha value is -1.58. The maximum absolute atomic E-state index is 13.4. The summed E-state index contributed by atoms with van der Waals surface area (Å²) in [5, 5.41) is 10.3. The van der Waals surface area contributed by atoms with Gasteiger partial charge < -0.3 is 0 Å². The van der Waals surface area contributed by atoms with Crippen LogP contribution in [0, 0.1) is 15.9 Å². The molecule has 9 heteroatoms. The summed E-state index contributed by atoms with van der Waals surface area (Å²) in [5.41, 5.74) is -0.530. The minimum Gasteiger partial charge on any atom is -0.287 e. The van der Waals surface area contributed by atoms with E-state index in [0.29, 0.717) is 6.07 Å². The highest BCUT2D eigenvalue weighted by Gasteiger charge is 2.21. The summed E-state index contributed by atoms with van der Waals surface area (Å²) in [5.74, 6) is -1.22. The zero-order valence-electron chi connectivity index (χ0n) is 8.71. The predicted molar refractivity (Wildman–Crippen MR) is 55.0 cm³/mol. The normalized spacial score (nSPS) is 11.4. The summed E-state index contributed by atoms with van der Waals surface area (Å²) in [4.78, 5) is 14.9. The standard InChI is InChI=1S/C8H9FN2O5S/c1-2-16-10-17(14,15)8-4-3-6(11(12)13)5-7(8)9/h3-5,10H,2H2,1H3. The van der Waals surface area contributed by atoms with Gasteiger partial charge in [0.15, 0.2) is 0 Å². The Morgan fingerprint density at radius 3 is 2.65 bits per heavy atom. The highest BCUT2D eigenvalue weighted by molar-refractivity contribution is 7.89. The van der Waals surface area contributed by atoms with Crippen molar-refractivity contribution in [2.24, 2.45) is 0 Å². The van der Waals surface area contributed by atoms with Crippen molar-refractivity contribution >= 4 is 15.7 Å². The van der Waals surface area contributed by atoms with E-state index in [1.54, 1.807) is 4.89 Å². The quantitative estimate of drug-likeness (QED) is 0.631. The van der Waals surface area contributed by atoms with Gasteiger partial charge in [0.25, 0.3) is 15.7 Å². The van der Waals surface area contributed by atoms with E-state index >= 15 is 0 Å². The van der Waals surface area contributed by atoms with E-state index in [2.05, 4.69) is 4.84 Å². The minimum absolute atomic E-state index is 0.0633. The average molecular weight is 264 g/mol. The number of nitro benzene ring substituents is 1. The lowest BCUT2D eigenvalue weighted by molar-refractivity contribution is -0.385. The summed E-state index contributed by atoms with van der Waals surface area (Å²) in [6.07, 6.45) is 0. The number of hydrogen-bond acceptors (Lipinski definition) is 5. The molecule has 0 saturated carbocycles. The molecule has 0 radical (unpaired) electrons. The van der Waals surface area contributed by atoms with Crippen LogP contribution < -0.4 is 4.89 Å². The second-order valence-corrected chi connectivity index (χ2v) is 4.50. The van der Waals surface area contributed by atoms with Gasteiger partial charge in [-0.15, -0.1) is 0 Å². The second kappa shape index (κ2) is 5.17. The van der Waals surface area contributed by atoms with E-state index in [1.165, 1.54) is 6.92 Å². The molecule has 0 aliphatic carbocycles. The number of nitrogens with zero attached hydrogens (tertiary/aromatic N) is 1. The third-order valence-corrected chi connectivity index (χ3v) is 2.98. The van der Waals surface area contributed by atoms with Gasteiger partial charge in [-0.25, -0.2) is 12.8 Å². The molecule has 94 valence electrons. The van der Waals surface area contributed by atoms with Crippen LogP contribution in [0.3, 0.4) is 0 Å². The first-order chi connectivity index (χ1) is 7.88. The Kier molecular flexibility index (Phi) is 4.10. The van der Waals surface area contributed by atoms with Crippen LogP contribution in [0.15, 0.2) is 23.1 Å². The molecular formula is C8H9FN2O5S. The smallest absolute Gasteiger partial charge is 0.272 e. The molecule has 0 saturated heterocycles. The molecule has 17 heavy (non-hydrogen) atoms. The first-order valence-corrected chi connectivity index (χ1v) is 5.94. The molecule has 0 heterocycles. The largest absolute Gasteiger partial charge is 0.287 e. The van der Waals surface area contributed by atoms with Gasteiger partial charge in [-0.1, -0.05) is 4.89 Å². The zero-order valence-corrected chi connectivity index (χ0v) is 9.53. The van der Waals surface area contributed by atoms with Crippen molar-refractivity contribution in [3.8, 4) is 0 Å². The Morgan fingerprint density at radius 2 is 2.18 bits per heavy atom. The molecule has 0 amide bonds. The molecule has 7 nitrogen and oxygen atoms in total. The number of benzene rings is 1. The highest BCUT2D eigenvalue weighted by atomic mass is 32.2. The fraction of sp³-hybridized carbons (Fsp3) is 0.250. The summed E-state index contributed by atoms with van der Waals surface area (Å²) in [6, 6.07) is 2.22. The van der Waals surface area contributed by atoms with Gasteiger partial charge in [0.1, 0.15) is 10.7 Å². The van der Waals surface area contributed by atoms with E-state index in [-0.39, 0.29) is 6.61 Å². The van der Waals surface area contributed by atoms with Gasteiger partial charge in [-0.3, -0.25) is 15.0 Å². The zero-order chi connectivity index (χ0) is 13.1. The summed E-state index contributed by atoms with van der Waals surface area (Å²) in [6.45, 7) is 1.60. The van der Waals surface area contributed by atoms with Gasteiger partial charge in [0.05, 0.1) is 17.6 Å². The van der Waals surface area contributed by atoms with Gasteiger partial charge in [-0.2, -0.15) is 0 Å². The molecule has 0 aliphatic rings. The molecule has 0 aliphatic heterocycles. The number of non-ortho nitro benzene ring substituents is 1. The van der Waals surface area contributed by atoms with Crippen LogP contribution in [0.2, 0.25) is 0 Å². The van der Waals surface area contributed by atoms with E-state index in [1.807, 2.05) is 0 Å². The second-order valence-electron chi connectivity index (χ2n) is 2.89. The third kappa shape index (κ3) is 3.19. The van der Waals surface area contributed by atoms with Crippen LogP contribution in [-0.2, 0) is 14.9 Å². The van der Waals surface area contributed by atoms with Crippen LogP contribution in [0.5, 0.6) is 0 Å². The Morgan fingerprint density at radius 1 is 1.53 bits per heavy atom. The lowest BCUT2D eigenvalue weighted by atomic mass is 10.3. The van der Waals surface area contributed by atoms with Gasteiger partial charge in [-0.05, 0) is 13.0 Å². The van der Waals surface area contributed by atoms with Crippen molar-refractivity contribution in [2.45, 2.75) is 11.8 Å². The monoisotopic (exact) mass is 264 g/mol. The third-order valence-electron chi connectivity index (χ3n) is 1.73. The lowest BCUT2D eigenvalue weighted by Gasteiger charge is -2.06. The maximum Gasteiger partial charge on any atom is 0.272 e. The van der Waals surface area contributed by atoms with Gasteiger partial charge in [0.2, 0.25) is 0 Å². The number of nitrogens with one attached hydrogen (secondary N) is 1. The first-order valence-electron chi connectivity index (χ1n) is 4.46. The molecule has 0 atom stereocenters. The molecule has 0 aromatic heterocycles. The number of nitro groups is 1. The van der Waals surface area contributed by atoms with Crippen molar-refractivity contribution in [1.29, 1.82) is 0 Å². The Labute approximate surface area is 96.4 Å². The van der Waals surface area contributed by atoms with Crippen molar-refractivity contribution in [3.05, 3.63) is 34.1 Å². The van der Waals surface area contributed by atoms with Gasteiger partial charge >= 0.3 is 0 Å². The van der Waals surface area contributed by atoms with Crippen molar-refractivity contribution in [2.75, 3.05) is 6.61 Å². The SMILES string of the molecule is CCONS(=O)(=O)c1ccc([N+](=O)[O-])cc1F. The van der Waals surface area contributed by atoms with E-state index in [0.717, 1.165) is 12.1 Å². The van der Waals surface area contributed by atoms with Crippen molar-refractivity contribution in [3.63, 3.8) is 0 Å². The Bertz CT molecular complexity index is 531. The molecule has 0 spiro atoms. The average Bonchev–Trinajstić information content (AvgIpc) is 2.25. The number of halogens is 1. The number of rotatable bonds is 5. The molecule has 1 N–H and O–H groups in total. The highest BCUT2D eigenvalue weighted by Crippen LogP contribution is 2.20. The van der Waals surface area contributed by atoms with E-state index < -0.39 is 31.3 Å². The summed E-state index contributed by atoms with van der Waals surface area (Å²) in [7, 11) is -4.17. The molecule has 1 aromatic carbocycles. The Balaban J connectivity index is 3.12. The maximum atomic E-state index is 13.4. The van der Waals surface area contributed by atoms with Crippen molar-refractivity contribution in [1.82, 2.24) is 4.89 Å². The van der Waals surface area contributed by atoms with Crippen molar-refractivity contribution < 1.29 is 22.6 Å². The van der Waals surface area contributed by atoms with Crippen LogP contribution in [0.25, 0.3) is 0 Å². The minimum atomic E-state index is -4.17. The van der Waals surface area contributed by atoms with E-state index in [9.17, 15) is 22.9 Å². The number of hydrogen-bond donors (Lipinski definition) is 1. The molecule has 1 rings (SSSR count). The topological polar surface area (TPSA) is 98.5 Å². The summed E-state index contributed by atoms with van der Waals surface area (Å²) < 4.78 is 36.2. The molecule has 1 aromatic rings. The molecule has 0 bridgehead atoms. The van der Waals surface area contributed by atoms with Crippen LogP contribution >= 0.6 is 0 Å². The lowest BCUT2D eigenvalue weighted by Crippen LogP contribution is -2.24. The molecule has 0 fully saturated rings. The predicted octanol–water partition coefficient (Wildman–Crippen LogP) is 0.964. The van der Waals surface area contributed by atoms with Crippen LogP contribution in [0.1, 0.15) is 6.92 Å². The van der Waals surface area contributed by atoms with E-state index in [4.69, 9.17) is 0 Å². The first kappa shape index (κ1) is 13.5. The molecular weight excluding hydrogens is 255 g/mol. The van der Waals surface area contributed by atoms with Crippen LogP contribution in [0.4, 0.5) is 10.1 Å². The fourth-order valence-corrected chi connectivity index (χ4v) is 1.93. The summed E-state index contributed by atoms with van der Waals surface area (Å²) >= 11 is 0. The fourth-order valence-electron chi connectivity index (χ4n) is 1.00. The van der Waals surface area contributed by atoms with Gasteiger partial charge in [0, 0.05) is 6.07 Å². The molecule has 0 unspecified atom stereocenters. The van der Waals surface area contributed by atoms with Crippen LogP contribution in [-0.4, -0.2) is 19.9 Å². The number of sulfonamides is 1.